The highest BCUT2D eigenvalue weighted by Gasteiger charge is 2.42. The first-order chi connectivity index (χ1) is 27.1. The van der Waals surface area contributed by atoms with Crippen LogP contribution in [0.2, 0.25) is 0 Å². The van der Waals surface area contributed by atoms with Crippen molar-refractivity contribution in [3.8, 4) is 0 Å². The van der Waals surface area contributed by atoms with Gasteiger partial charge >= 0.3 is 24.1 Å². The molecule has 2 fully saturated rings. The van der Waals surface area contributed by atoms with Crippen molar-refractivity contribution in [2.45, 2.75) is 186 Å². The average Bonchev–Trinajstić information content (AvgIpc) is 3.69. The maximum absolute atomic E-state index is 12.8. The van der Waals surface area contributed by atoms with E-state index in [4.69, 9.17) is 23.7 Å². The largest absolute Gasteiger partial charge is 0.508 e. The zero-order valence-corrected chi connectivity index (χ0v) is 36.5. The molecule has 0 radical (unpaired) electrons. The Morgan fingerprint density at radius 2 is 1.55 bits per heavy atom. The summed E-state index contributed by atoms with van der Waals surface area (Å²) in [6.45, 7) is 9.18. The zero-order chi connectivity index (χ0) is 40.1. The van der Waals surface area contributed by atoms with Crippen LogP contribution in [0.4, 0.5) is 4.79 Å². The lowest BCUT2D eigenvalue weighted by molar-refractivity contribution is -0.163. The van der Waals surface area contributed by atoms with Gasteiger partial charge in [0.1, 0.15) is 18.3 Å². The van der Waals surface area contributed by atoms with Gasteiger partial charge in [0.15, 0.2) is 0 Å². The van der Waals surface area contributed by atoms with Crippen molar-refractivity contribution in [3.63, 3.8) is 0 Å². The molecule has 9 atom stereocenters. The second-order valence-corrected chi connectivity index (χ2v) is 19.7. The van der Waals surface area contributed by atoms with Gasteiger partial charge in [-0.2, -0.15) is 0 Å². The Kier molecular flexibility index (Phi) is 21.7. The second-order valence-electron chi connectivity index (χ2n) is 16.9. The van der Waals surface area contributed by atoms with E-state index in [-0.39, 0.29) is 54.3 Å². The van der Waals surface area contributed by atoms with Crippen molar-refractivity contribution in [1.82, 2.24) is 0 Å². The first-order valence-corrected chi connectivity index (χ1v) is 24.6. The summed E-state index contributed by atoms with van der Waals surface area (Å²) in [5.74, 6) is 1.61. The fourth-order valence-electron chi connectivity index (χ4n) is 8.55. The fraction of sp³-hybridized carbons (Fsp3) is 0.822. The molecule has 2 aliphatic carbocycles. The van der Waals surface area contributed by atoms with Crippen molar-refractivity contribution in [2.75, 3.05) is 19.0 Å². The van der Waals surface area contributed by atoms with E-state index in [9.17, 15) is 19.2 Å². The average molecular weight is 821 g/mol. The maximum Gasteiger partial charge on any atom is 0.508 e. The van der Waals surface area contributed by atoms with Crippen molar-refractivity contribution >= 4 is 45.7 Å². The van der Waals surface area contributed by atoms with Crippen molar-refractivity contribution < 1.29 is 42.9 Å². The van der Waals surface area contributed by atoms with Crippen LogP contribution in [0.15, 0.2) is 23.8 Å². The van der Waals surface area contributed by atoms with Crippen LogP contribution in [0.25, 0.3) is 0 Å². The molecule has 0 amide bonds. The Morgan fingerprint density at radius 1 is 0.857 bits per heavy atom. The molecule has 2 heterocycles. The third-order valence-electron chi connectivity index (χ3n) is 12.1. The number of esters is 3. The molecule has 0 aromatic carbocycles. The number of carbonyl (C=O) groups is 4. The highest BCUT2D eigenvalue weighted by atomic mass is 33.1. The highest BCUT2D eigenvalue weighted by Crippen LogP contribution is 2.45. The van der Waals surface area contributed by atoms with Crippen molar-refractivity contribution in [1.29, 1.82) is 0 Å². The quantitative estimate of drug-likeness (QED) is 0.0379. The molecular formula is C45H72O9S2. The van der Waals surface area contributed by atoms with Gasteiger partial charge in [0.2, 0.25) is 0 Å². The lowest BCUT2D eigenvalue weighted by atomic mass is 9.65. The Labute approximate surface area is 345 Å². The van der Waals surface area contributed by atoms with Crippen LogP contribution in [-0.4, -0.2) is 66.6 Å². The monoisotopic (exact) mass is 820 g/mol. The normalized spacial score (nSPS) is 27.8. The van der Waals surface area contributed by atoms with Crippen LogP contribution in [0.5, 0.6) is 0 Å². The van der Waals surface area contributed by atoms with E-state index in [1.807, 2.05) is 35.4 Å². The third kappa shape index (κ3) is 17.0. The molecule has 0 spiro atoms. The van der Waals surface area contributed by atoms with E-state index in [0.29, 0.717) is 44.3 Å². The SMILES string of the molecule is CCC(C)C(=O)OC1C[C@H](C)C=C2C=CC(C)[C@H](CCC3CC(OC(=O)OCCCCCCCCCCCCOC(=O)CCCCC4CCSS4)CC(=O)O3)[C@@H]21. The molecule has 6 unspecified atom stereocenters. The topological polar surface area (TPSA) is 114 Å². The highest BCUT2D eigenvalue weighted by molar-refractivity contribution is 8.77. The van der Waals surface area contributed by atoms with Gasteiger partial charge in [0, 0.05) is 29.8 Å². The number of allylic oxidation sites excluding steroid dienone is 3. The minimum absolute atomic E-state index is 0.0389. The summed E-state index contributed by atoms with van der Waals surface area (Å²) in [5, 5.41) is 0.784. The second kappa shape index (κ2) is 26.1. The summed E-state index contributed by atoms with van der Waals surface area (Å²) in [7, 11) is 3.98. The smallest absolute Gasteiger partial charge is 0.466 e. The summed E-state index contributed by atoms with van der Waals surface area (Å²) in [6.07, 6.45) is 24.6. The molecule has 56 heavy (non-hydrogen) atoms. The summed E-state index contributed by atoms with van der Waals surface area (Å²) < 4.78 is 28.3. The summed E-state index contributed by atoms with van der Waals surface area (Å²) >= 11 is 0. The Balaban J connectivity index is 1.01. The van der Waals surface area contributed by atoms with Crippen LogP contribution in [-0.2, 0) is 38.1 Å². The van der Waals surface area contributed by atoms with Crippen LogP contribution in [0.1, 0.15) is 163 Å². The van der Waals surface area contributed by atoms with Gasteiger partial charge in [0.25, 0.3) is 0 Å². The lowest BCUT2D eigenvalue weighted by Crippen LogP contribution is -2.42. The molecule has 0 aromatic heterocycles. The molecule has 9 nitrogen and oxygen atoms in total. The number of fused-ring (bicyclic) bond motifs is 1. The predicted molar refractivity (Wildman–Crippen MR) is 225 cm³/mol. The number of ether oxygens (including phenoxy) is 5. The Morgan fingerprint density at radius 3 is 2.23 bits per heavy atom. The lowest BCUT2D eigenvalue weighted by Gasteiger charge is -2.43. The number of rotatable bonds is 25. The predicted octanol–water partition coefficient (Wildman–Crippen LogP) is 11.5. The summed E-state index contributed by atoms with van der Waals surface area (Å²) in [5.41, 5.74) is 1.24. The first-order valence-electron chi connectivity index (χ1n) is 22.2. The summed E-state index contributed by atoms with van der Waals surface area (Å²) in [4.78, 5) is 49.8. The molecule has 0 N–H and O–H groups in total. The van der Waals surface area contributed by atoms with Gasteiger partial charge in [-0.25, -0.2) is 4.79 Å². The minimum Gasteiger partial charge on any atom is -0.466 e. The molecule has 0 saturated carbocycles. The molecular weight excluding hydrogens is 749 g/mol. The van der Waals surface area contributed by atoms with E-state index in [0.717, 1.165) is 69.5 Å². The number of cyclic esters (lactones) is 1. The molecule has 0 aromatic rings. The van der Waals surface area contributed by atoms with E-state index in [1.54, 1.807) is 0 Å². The fourth-order valence-corrected chi connectivity index (χ4v) is 11.6. The summed E-state index contributed by atoms with van der Waals surface area (Å²) in [6, 6.07) is 0. The number of unbranched alkanes of at least 4 members (excludes halogenated alkanes) is 10. The van der Waals surface area contributed by atoms with Crippen LogP contribution < -0.4 is 0 Å². The van der Waals surface area contributed by atoms with E-state index < -0.39 is 12.3 Å². The Hall–Kier alpha value is -2.14. The van der Waals surface area contributed by atoms with Crippen molar-refractivity contribution in [2.24, 2.45) is 29.6 Å². The van der Waals surface area contributed by atoms with E-state index in [1.165, 1.54) is 56.3 Å². The van der Waals surface area contributed by atoms with Gasteiger partial charge < -0.3 is 23.7 Å². The third-order valence-corrected chi connectivity index (χ3v) is 15.1. The zero-order valence-electron chi connectivity index (χ0n) is 34.9. The standard InChI is InChI=1S/C45H72O9S2/c1-5-33(3)44(48)54-40-29-32(2)28-35-21-20-34(4)39(43(35)40)23-22-36-30-37(31-42(47)52-36)53-45(49)51-26-17-13-11-9-7-6-8-10-12-16-25-50-41(46)19-15-14-18-38-24-27-55-56-38/h20-21,28,32-34,36-40,43H,5-19,22-27,29-31H2,1-4H3/t32-,33?,34?,36?,37?,38?,39+,40?,43-/m1/s1. The van der Waals surface area contributed by atoms with Gasteiger partial charge in [-0.1, -0.05) is 125 Å². The Bertz CT molecular complexity index is 1260. The maximum atomic E-state index is 12.8. The van der Waals surface area contributed by atoms with E-state index in [2.05, 4.69) is 32.1 Å². The van der Waals surface area contributed by atoms with Crippen LogP contribution >= 0.6 is 21.6 Å². The van der Waals surface area contributed by atoms with Crippen LogP contribution in [0.3, 0.4) is 0 Å². The number of carbonyl (C=O) groups excluding carboxylic acids is 4. The van der Waals surface area contributed by atoms with Gasteiger partial charge in [0.05, 0.1) is 25.6 Å². The number of hydrogen-bond acceptors (Lipinski definition) is 11. The molecule has 318 valence electrons. The molecule has 0 bridgehead atoms. The molecule has 4 rings (SSSR count). The van der Waals surface area contributed by atoms with Crippen molar-refractivity contribution in [3.05, 3.63) is 23.8 Å². The minimum atomic E-state index is -0.713. The number of hydrogen-bond donors (Lipinski definition) is 0. The van der Waals surface area contributed by atoms with Gasteiger partial charge in [-0.3, -0.25) is 14.4 Å². The van der Waals surface area contributed by atoms with Gasteiger partial charge in [-0.15, -0.1) is 0 Å². The molecule has 2 aliphatic heterocycles. The van der Waals surface area contributed by atoms with E-state index >= 15 is 0 Å². The van der Waals surface area contributed by atoms with Crippen LogP contribution in [0, 0.1) is 29.6 Å². The molecule has 2 saturated heterocycles. The first kappa shape index (κ1) is 46.5. The van der Waals surface area contributed by atoms with Gasteiger partial charge in [-0.05, 0) is 81.1 Å². The molecule has 11 heteroatoms. The molecule has 4 aliphatic rings.